The number of aryl methyl sites for hydroxylation is 2. The standard InChI is InChI=1S/C18H19F3N4O3/c1-9-13-11(7-12(10-3-4-10)22-14(13)24(2)23-9)15(26)25-6-5-17(8-25,16(27)28)18(19,20)21/h7,10H,3-6,8H2,1-2H3,(H,27,28). The minimum atomic E-state index is -4.94. The zero-order valence-electron chi connectivity index (χ0n) is 15.4. The van der Waals surface area contributed by atoms with E-state index >= 15 is 0 Å². The Kier molecular flexibility index (Phi) is 3.95. The molecule has 1 saturated carbocycles. The number of carboxylic acid groups (broad SMARTS) is 1. The number of hydrogen-bond acceptors (Lipinski definition) is 4. The number of pyridine rings is 1. The van der Waals surface area contributed by atoms with Crippen LogP contribution in [0.2, 0.25) is 0 Å². The Morgan fingerprint density at radius 1 is 1.32 bits per heavy atom. The maximum Gasteiger partial charge on any atom is 0.406 e. The normalized spacial score (nSPS) is 22.8. The highest BCUT2D eigenvalue weighted by atomic mass is 19.4. The molecule has 10 heteroatoms. The number of carboxylic acids is 1. The minimum Gasteiger partial charge on any atom is -0.481 e. The van der Waals surface area contributed by atoms with Crippen LogP contribution in [0.4, 0.5) is 13.2 Å². The lowest BCUT2D eigenvalue weighted by Crippen LogP contribution is -2.47. The van der Waals surface area contributed by atoms with Crippen molar-refractivity contribution in [2.24, 2.45) is 12.5 Å². The zero-order valence-corrected chi connectivity index (χ0v) is 15.4. The number of nitrogens with zero attached hydrogens (tertiary/aromatic N) is 4. The largest absolute Gasteiger partial charge is 0.481 e. The molecule has 1 aliphatic heterocycles. The van der Waals surface area contributed by atoms with Gasteiger partial charge in [-0.15, -0.1) is 0 Å². The van der Waals surface area contributed by atoms with Crippen LogP contribution >= 0.6 is 0 Å². The zero-order chi connectivity index (χ0) is 20.4. The average molecular weight is 396 g/mol. The molecule has 7 nitrogen and oxygen atoms in total. The van der Waals surface area contributed by atoms with Gasteiger partial charge in [-0.1, -0.05) is 0 Å². The Morgan fingerprint density at radius 2 is 2.00 bits per heavy atom. The van der Waals surface area contributed by atoms with Crippen LogP contribution < -0.4 is 0 Å². The van der Waals surface area contributed by atoms with E-state index in [2.05, 4.69) is 10.1 Å². The van der Waals surface area contributed by atoms with Gasteiger partial charge in [0.2, 0.25) is 0 Å². The van der Waals surface area contributed by atoms with Crippen molar-refractivity contribution in [3.05, 3.63) is 23.0 Å². The van der Waals surface area contributed by atoms with Crippen molar-refractivity contribution >= 4 is 22.9 Å². The molecule has 0 bridgehead atoms. The van der Waals surface area contributed by atoms with Crippen molar-refractivity contribution < 1.29 is 27.9 Å². The van der Waals surface area contributed by atoms with Crippen molar-refractivity contribution in [3.8, 4) is 0 Å². The lowest BCUT2D eigenvalue weighted by atomic mass is 9.86. The number of rotatable bonds is 3. The molecule has 0 spiro atoms. The van der Waals surface area contributed by atoms with Crippen molar-refractivity contribution in [3.63, 3.8) is 0 Å². The van der Waals surface area contributed by atoms with Crippen LogP contribution in [0.1, 0.15) is 46.9 Å². The molecule has 28 heavy (non-hydrogen) atoms. The van der Waals surface area contributed by atoms with E-state index in [9.17, 15) is 27.9 Å². The number of hydrogen-bond donors (Lipinski definition) is 1. The summed E-state index contributed by atoms with van der Waals surface area (Å²) in [5.41, 5.74) is -0.919. The predicted octanol–water partition coefficient (Wildman–Crippen LogP) is 2.63. The van der Waals surface area contributed by atoms with E-state index in [4.69, 9.17) is 0 Å². The Hall–Kier alpha value is -2.65. The van der Waals surface area contributed by atoms with Gasteiger partial charge < -0.3 is 10.0 Å². The molecule has 3 heterocycles. The number of fused-ring (bicyclic) bond motifs is 1. The van der Waals surface area contributed by atoms with Gasteiger partial charge in [0, 0.05) is 31.7 Å². The van der Waals surface area contributed by atoms with Crippen molar-refractivity contribution in [1.82, 2.24) is 19.7 Å². The molecule has 1 N–H and O–H groups in total. The van der Waals surface area contributed by atoms with Crippen molar-refractivity contribution in [1.29, 1.82) is 0 Å². The molecule has 2 fully saturated rings. The fraction of sp³-hybridized carbons (Fsp3) is 0.556. The monoisotopic (exact) mass is 396 g/mol. The maximum atomic E-state index is 13.5. The van der Waals surface area contributed by atoms with E-state index in [0.29, 0.717) is 16.7 Å². The summed E-state index contributed by atoms with van der Waals surface area (Å²) in [7, 11) is 1.70. The van der Waals surface area contributed by atoms with E-state index in [1.807, 2.05) is 0 Å². The second-order valence-corrected chi connectivity index (χ2v) is 7.64. The summed E-state index contributed by atoms with van der Waals surface area (Å²) < 4.78 is 41.9. The van der Waals surface area contributed by atoms with Crippen LogP contribution in [0.3, 0.4) is 0 Å². The molecular weight excluding hydrogens is 377 g/mol. The quantitative estimate of drug-likeness (QED) is 0.862. The van der Waals surface area contributed by atoms with Crippen LogP contribution in [0.5, 0.6) is 0 Å². The summed E-state index contributed by atoms with van der Waals surface area (Å²) in [4.78, 5) is 30.1. The van der Waals surface area contributed by atoms with Gasteiger partial charge in [-0.05, 0) is 32.3 Å². The second-order valence-electron chi connectivity index (χ2n) is 7.64. The molecule has 2 aromatic rings. The molecule has 0 aromatic carbocycles. The number of halogens is 3. The Labute approximate surface area is 158 Å². The molecular formula is C18H19F3N4O3. The predicted molar refractivity (Wildman–Crippen MR) is 91.9 cm³/mol. The highest BCUT2D eigenvalue weighted by Gasteiger charge is 2.64. The van der Waals surface area contributed by atoms with Gasteiger partial charge in [-0.25, -0.2) is 4.98 Å². The van der Waals surface area contributed by atoms with Gasteiger partial charge in [-0.3, -0.25) is 14.3 Å². The Bertz CT molecular complexity index is 996. The fourth-order valence-corrected chi connectivity index (χ4v) is 3.90. The number of carbonyl (C=O) groups excluding carboxylic acids is 1. The molecule has 2 aromatic heterocycles. The number of likely N-dealkylation sites (tertiary alicyclic amines) is 1. The van der Waals surface area contributed by atoms with Gasteiger partial charge in [0.05, 0.1) is 16.6 Å². The first-order valence-electron chi connectivity index (χ1n) is 8.99. The van der Waals surface area contributed by atoms with E-state index in [1.165, 1.54) is 0 Å². The van der Waals surface area contributed by atoms with E-state index in [0.717, 1.165) is 23.4 Å². The molecule has 1 amide bonds. The molecule has 4 rings (SSSR count). The third-order valence-electron chi connectivity index (χ3n) is 5.72. The Morgan fingerprint density at radius 3 is 2.54 bits per heavy atom. The van der Waals surface area contributed by atoms with Crippen LogP contribution in [0.25, 0.3) is 11.0 Å². The Balaban J connectivity index is 1.77. The van der Waals surface area contributed by atoms with Crippen LogP contribution in [-0.2, 0) is 11.8 Å². The SMILES string of the molecule is Cc1nn(C)c2nc(C3CC3)cc(C(=O)N3CCC(C(=O)O)(C(F)(F)F)C3)c12. The molecule has 1 atom stereocenters. The van der Waals surface area contributed by atoms with Gasteiger partial charge in [0.15, 0.2) is 11.1 Å². The average Bonchev–Trinajstić information content (AvgIpc) is 3.28. The molecule has 150 valence electrons. The van der Waals surface area contributed by atoms with Crippen LogP contribution in [0, 0.1) is 12.3 Å². The summed E-state index contributed by atoms with van der Waals surface area (Å²) in [5.74, 6) is -2.33. The first-order valence-corrected chi connectivity index (χ1v) is 8.99. The molecule has 1 aliphatic carbocycles. The lowest BCUT2D eigenvalue weighted by Gasteiger charge is -2.27. The van der Waals surface area contributed by atoms with Gasteiger partial charge in [-0.2, -0.15) is 18.3 Å². The summed E-state index contributed by atoms with van der Waals surface area (Å²) in [6.07, 6.45) is -3.70. The van der Waals surface area contributed by atoms with Crippen molar-refractivity contribution in [2.75, 3.05) is 13.1 Å². The molecule has 0 radical (unpaired) electrons. The van der Waals surface area contributed by atoms with Crippen LogP contribution in [-0.4, -0.2) is 55.9 Å². The number of carbonyl (C=O) groups is 2. The van der Waals surface area contributed by atoms with Gasteiger partial charge in [0.25, 0.3) is 5.91 Å². The molecule has 1 saturated heterocycles. The third-order valence-corrected chi connectivity index (χ3v) is 5.72. The summed E-state index contributed by atoms with van der Waals surface area (Å²) in [6.45, 7) is 0.540. The van der Waals surface area contributed by atoms with E-state index < -0.39 is 36.4 Å². The minimum absolute atomic E-state index is 0.234. The first-order chi connectivity index (χ1) is 13.0. The summed E-state index contributed by atoms with van der Waals surface area (Å²) >= 11 is 0. The maximum absolute atomic E-state index is 13.5. The topological polar surface area (TPSA) is 88.3 Å². The van der Waals surface area contributed by atoms with E-state index in [1.54, 1.807) is 24.7 Å². The molecule has 2 aliphatic rings. The highest BCUT2D eigenvalue weighted by Crippen LogP contribution is 2.46. The second kappa shape index (κ2) is 5.92. The van der Waals surface area contributed by atoms with Crippen LogP contribution in [0.15, 0.2) is 6.07 Å². The summed E-state index contributed by atoms with van der Waals surface area (Å²) in [5, 5.41) is 14.0. The fourth-order valence-electron chi connectivity index (χ4n) is 3.90. The first kappa shape index (κ1) is 18.7. The number of amides is 1. The highest BCUT2D eigenvalue weighted by molar-refractivity contribution is 6.07. The smallest absolute Gasteiger partial charge is 0.406 e. The number of aromatic nitrogens is 3. The summed E-state index contributed by atoms with van der Waals surface area (Å²) in [6, 6.07) is 1.63. The van der Waals surface area contributed by atoms with Gasteiger partial charge in [0.1, 0.15) is 0 Å². The van der Waals surface area contributed by atoms with Gasteiger partial charge >= 0.3 is 12.1 Å². The third kappa shape index (κ3) is 2.65. The van der Waals surface area contributed by atoms with E-state index in [-0.39, 0.29) is 18.0 Å². The number of alkyl halides is 3. The lowest BCUT2D eigenvalue weighted by molar-refractivity contribution is -0.227. The molecule has 1 unspecified atom stereocenters. The number of aliphatic carboxylic acids is 1. The van der Waals surface area contributed by atoms with Crippen molar-refractivity contribution in [2.45, 2.75) is 38.3 Å².